The van der Waals surface area contributed by atoms with Gasteiger partial charge in [-0.3, -0.25) is 4.79 Å². The van der Waals surface area contributed by atoms with Gasteiger partial charge in [0.25, 0.3) is 0 Å². The molecule has 0 rings (SSSR count). The topological polar surface area (TPSA) is 17.1 Å². The molecule has 0 aliphatic rings. The lowest BCUT2D eigenvalue weighted by Gasteiger charge is -2.08. The third-order valence-corrected chi connectivity index (χ3v) is 1.85. The molecule has 0 fully saturated rings. The number of carbonyl (C=O) groups is 1. The molecule has 0 N–H and O–H groups in total. The highest BCUT2D eigenvalue weighted by Crippen LogP contribution is 2.12. The zero-order chi connectivity index (χ0) is 8.69. The minimum absolute atomic E-state index is 0.111. The van der Waals surface area contributed by atoms with Crippen LogP contribution in [0.5, 0.6) is 0 Å². The average molecular weight is 152 g/mol. The van der Waals surface area contributed by atoms with E-state index in [1.54, 1.807) is 6.92 Å². The van der Waals surface area contributed by atoms with Crippen LogP contribution in [0.1, 0.15) is 39.5 Å². The van der Waals surface area contributed by atoms with Gasteiger partial charge in [-0.15, -0.1) is 12.3 Å². The number of hydrogen-bond acceptors (Lipinski definition) is 1. The molecule has 1 atom stereocenters. The standard InChI is InChI=1S/C10H16O/c1-4-6-8-10(7-5-2)9(3)11/h2,10H,4,6-8H2,1,3H3. The number of carbonyl (C=O) groups excluding carboxylic acids is 1. The number of terminal acetylenes is 1. The van der Waals surface area contributed by atoms with E-state index in [-0.39, 0.29) is 11.7 Å². The van der Waals surface area contributed by atoms with Crippen LogP contribution in [0, 0.1) is 18.3 Å². The number of unbranched alkanes of at least 4 members (excludes halogenated alkanes) is 1. The van der Waals surface area contributed by atoms with Crippen LogP contribution in [-0.4, -0.2) is 5.78 Å². The molecule has 0 aromatic heterocycles. The largest absolute Gasteiger partial charge is 0.300 e. The monoisotopic (exact) mass is 152 g/mol. The number of Topliss-reactive ketones (excluding diaryl/α,β-unsaturated/α-hetero) is 1. The maximum Gasteiger partial charge on any atom is 0.133 e. The second kappa shape index (κ2) is 5.97. The lowest BCUT2D eigenvalue weighted by atomic mass is 9.95. The first-order valence-corrected chi connectivity index (χ1v) is 4.16. The molecule has 0 heterocycles. The van der Waals surface area contributed by atoms with E-state index in [0.29, 0.717) is 6.42 Å². The molecule has 0 saturated heterocycles. The van der Waals surface area contributed by atoms with Gasteiger partial charge in [-0.05, 0) is 13.3 Å². The molecule has 0 radical (unpaired) electrons. The van der Waals surface area contributed by atoms with Gasteiger partial charge in [0.2, 0.25) is 0 Å². The van der Waals surface area contributed by atoms with E-state index in [1.165, 1.54) is 0 Å². The van der Waals surface area contributed by atoms with E-state index in [4.69, 9.17) is 6.42 Å². The molecule has 1 nitrogen and oxygen atoms in total. The van der Waals surface area contributed by atoms with Crippen molar-refractivity contribution in [3.63, 3.8) is 0 Å². The maximum atomic E-state index is 10.9. The quantitative estimate of drug-likeness (QED) is 0.553. The summed E-state index contributed by atoms with van der Waals surface area (Å²) in [5.74, 6) is 2.88. The van der Waals surface area contributed by atoms with E-state index in [1.807, 2.05) is 0 Å². The summed E-state index contributed by atoms with van der Waals surface area (Å²) in [5, 5.41) is 0. The van der Waals surface area contributed by atoms with Crippen LogP contribution in [0.4, 0.5) is 0 Å². The summed E-state index contributed by atoms with van der Waals surface area (Å²) in [6, 6.07) is 0. The van der Waals surface area contributed by atoms with Crippen LogP contribution in [0.15, 0.2) is 0 Å². The Hall–Kier alpha value is -0.770. The van der Waals surface area contributed by atoms with Crippen LogP contribution >= 0.6 is 0 Å². The Labute approximate surface area is 69.2 Å². The van der Waals surface area contributed by atoms with Crippen LogP contribution in [0.25, 0.3) is 0 Å². The van der Waals surface area contributed by atoms with Crippen LogP contribution in [0.2, 0.25) is 0 Å². The fourth-order valence-electron chi connectivity index (χ4n) is 1.04. The highest BCUT2D eigenvalue weighted by molar-refractivity contribution is 5.78. The summed E-state index contributed by atoms with van der Waals surface area (Å²) >= 11 is 0. The minimum Gasteiger partial charge on any atom is -0.300 e. The summed E-state index contributed by atoms with van der Waals surface area (Å²) in [4.78, 5) is 10.9. The van der Waals surface area contributed by atoms with Crippen molar-refractivity contribution in [2.24, 2.45) is 5.92 Å². The second-order valence-corrected chi connectivity index (χ2v) is 2.86. The van der Waals surface area contributed by atoms with E-state index >= 15 is 0 Å². The van der Waals surface area contributed by atoms with E-state index in [9.17, 15) is 4.79 Å². The summed E-state index contributed by atoms with van der Waals surface area (Å²) in [6.45, 7) is 3.74. The van der Waals surface area contributed by atoms with Gasteiger partial charge in [-0.25, -0.2) is 0 Å². The van der Waals surface area contributed by atoms with Gasteiger partial charge in [0.1, 0.15) is 5.78 Å². The lowest BCUT2D eigenvalue weighted by molar-refractivity contribution is -0.120. The van der Waals surface area contributed by atoms with Crippen molar-refractivity contribution in [3.05, 3.63) is 0 Å². The number of rotatable bonds is 5. The third kappa shape index (κ3) is 4.61. The van der Waals surface area contributed by atoms with Crippen molar-refractivity contribution >= 4 is 5.78 Å². The molecule has 0 bridgehead atoms. The molecule has 0 aliphatic carbocycles. The third-order valence-electron chi connectivity index (χ3n) is 1.85. The molecule has 62 valence electrons. The first-order valence-electron chi connectivity index (χ1n) is 4.16. The average Bonchev–Trinajstić information content (AvgIpc) is 1.97. The molecule has 0 amide bonds. The van der Waals surface area contributed by atoms with Crippen molar-refractivity contribution in [1.29, 1.82) is 0 Å². The smallest absolute Gasteiger partial charge is 0.133 e. The molecule has 11 heavy (non-hydrogen) atoms. The summed E-state index contributed by atoms with van der Waals surface area (Å²) in [6.07, 6.45) is 8.93. The van der Waals surface area contributed by atoms with Gasteiger partial charge in [0.05, 0.1) is 0 Å². The van der Waals surface area contributed by atoms with Gasteiger partial charge in [0, 0.05) is 12.3 Å². The second-order valence-electron chi connectivity index (χ2n) is 2.86. The van der Waals surface area contributed by atoms with E-state index in [2.05, 4.69) is 12.8 Å². The fourth-order valence-corrected chi connectivity index (χ4v) is 1.04. The maximum absolute atomic E-state index is 10.9. The first kappa shape index (κ1) is 10.2. The zero-order valence-corrected chi connectivity index (χ0v) is 7.39. The highest BCUT2D eigenvalue weighted by atomic mass is 16.1. The van der Waals surface area contributed by atoms with Crippen molar-refractivity contribution in [2.45, 2.75) is 39.5 Å². The SMILES string of the molecule is C#CCC(CCCC)C(C)=O. The molecule has 0 spiro atoms. The predicted octanol–water partition coefficient (Wildman–Crippen LogP) is 2.41. The molecular weight excluding hydrogens is 136 g/mol. The zero-order valence-electron chi connectivity index (χ0n) is 7.39. The van der Waals surface area contributed by atoms with Gasteiger partial charge >= 0.3 is 0 Å². The van der Waals surface area contributed by atoms with Crippen LogP contribution in [-0.2, 0) is 4.79 Å². The molecule has 0 saturated carbocycles. The molecule has 0 aromatic carbocycles. The van der Waals surface area contributed by atoms with Gasteiger partial charge in [-0.1, -0.05) is 19.8 Å². The summed E-state index contributed by atoms with van der Waals surface area (Å²) in [7, 11) is 0. The van der Waals surface area contributed by atoms with Crippen molar-refractivity contribution in [2.75, 3.05) is 0 Å². The van der Waals surface area contributed by atoms with Crippen molar-refractivity contribution in [3.8, 4) is 12.3 Å². The Bertz CT molecular complexity index is 153. The molecule has 0 aromatic rings. The number of hydrogen-bond donors (Lipinski definition) is 0. The minimum atomic E-state index is 0.111. The summed E-state index contributed by atoms with van der Waals surface area (Å²) < 4.78 is 0. The first-order chi connectivity index (χ1) is 5.22. The van der Waals surface area contributed by atoms with Gasteiger partial charge in [0.15, 0.2) is 0 Å². The molecule has 1 unspecified atom stereocenters. The highest BCUT2D eigenvalue weighted by Gasteiger charge is 2.10. The number of ketones is 1. The van der Waals surface area contributed by atoms with E-state index in [0.717, 1.165) is 19.3 Å². The van der Waals surface area contributed by atoms with Crippen LogP contribution in [0.3, 0.4) is 0 Å². The Morgan fingerprint density at radius 1 is 1.64 bits per heavy atom. The Morgan fingerprint density at radius 2 is 2.27 bits per heavy atom. The van der Waals surface area contributed by atoms with Crippen molar-refractivity contribution < 1.29 is 4.79 Å². The molecule has 1 heteroatoms. The molecular formula is C10H16O. The van der Waals surface area contributed by atoms with E-state index < -0.39 is 0 Å². The Morgan fingerprint density at radius 3 is 2.64 bits per heavy atom. The fraction of sp³-hybridized carbons (Fsp3) is 0.700. The van der Waals surface area contributed by atoms with Gasteiger partial charge in [-0.2, -0.15) is 0 Å². The van der Waals surface area contributed by atoms with Gasteiger partial charge < -0.3 is 0 Å². The normalized spacial score (nSPS) is 12.1. The predicted molar refractivity (Wildman–Crippen MR) is 47.1 cm³/mol. The Kier molecular flexibility index (Phi) is 5.56. The van der Waals surface area contributed by atoms with Crippen molar-refractivity contribution in [1.82, 2.24) is 0 Å². The summed E-state index contributed by atoms with van der Waals surface area (Å²) in [5.41, 5.74) is 0. The molecule has 0 aliphatic heterocycles. The Balaban J connectivity index is 3.72. The lowest BCUT2D eigenvalue weighted by Crippen LogP contribution is -2.09. The van der Waals surface area contributed by atoms with Crippen LogP contribution < -0.4 is 0 Å².